The first-order valence-electron chi connectivity index (χ1n) is 12.4. The monoisotopic (exact) mass is 460 g/mol. The number of benzene rings is 4. The molecule has 0 aromatic heterocycles. The van der Waals surface area contributed by atoms with Gasteiger partial charge in [-0.05, 0) is 61.4 Å². The molecule has 0 amide bonds. The van der Waals surface area contributed by atoms with E-state index in [1.807, 2.05) is 38.1 Å². The molecule has 0 N–H and O–H groups in total. The zero-order valence-electron chi connectivity index (χ0n) is 21.4. The highest BCUT2D eigenvalue weighted by molar-refractivity contribution is 6.01. The summed E-state index contributed by atoms with van der Waals surface area (Å²) < 4.78 is 0. The van der Waals surface area contributed by atoms with E-state index in [2.05, 4.69) is 109 Å². The van der Waals surface area contributed by atoms with Crippen LogP contribution in [0.1, 0.15) is 55.9 Å². The highest BCUT2D eigenvalue weighted by atomic mass is 15.2. The molecule has 0 saturated heterocycles. The van der Waals surface area contributed by atoms with E-state index < -0.39 is 0 Å². The van der Waals surface area contributed by atoms with E-state index in [0.29, 0.717) is 0 Å². The van der Waals surface area contributed by atoms with E-state index >= 15 is 0 Å². The Balaban J connectivity index is 0.000000420. The highest BCUT2D eigenvalue weighted by Crippen LogP contribution is 2.19. The second-order valence-electron chi connectivity index (χ2n) is 8.77. The first kappa shape index (κ1) is 25.8. The van der Waals surface area contributed by atoms with E-state index in [9.17, 15) is 0 Å². The molecule has 0 unspecified atom stereocenters. The van der Waals surface area contributed by atoms with Crippen LogP contribution in [-0.2, 0) is 6.42 Å². The van der Waals surface area contributed by atoms with Crippen molar-refractivity contribution in [3.8, 4) is 11.1 Å². The maximum Gasteiger partial charge on any atom is 0.0671 e. The van der Waals surface area contributed by atoms with Crippen LogP contribution in [0.2, 0.25) is 0 Å². The summed E-state index contributed by atoms with van der Waals surface area (Å²) in [5, 5.41) is 8.90. The minimum Gasteiger partial charge on any atom is -0.155 e. The summed E-state index contributed by atoms with van der Waals surface area (Å²) >= 11 is 0. The Hall–Kier alpha value is -3.78. The number of hydrogen-bond donors (Lipinski definition) is 0. The number of rotatable bonds is 7. The molecule has 4 rings (SSSR count). The summed E-state index contributed by atoms with van der Waals surface area (Å²) in [7, 11) is 0. The molecule has 0 aliphatic heterocycles. The van der Waals surface area contributed by atoms with Crippen molar-refractivity contribution in [2.45, 2.75) is 47.0 Å². The van der Waals surface area contributed by atoms with Gasteiger partial charge in [-0.15, -0.1) is 0 Å². The molecule has 0 saturated carbocycles. The van der Waals surface area contributed by atoms with Gasteiger partial charge in [0.15, 0.2) is 0 Å². The Bertz CT molecular complexity index is 1200. The Morgan fingerprint density at radius 2 is 1.03 bits per heavy atom. The third-order valence-corrected chi connectivity index (χ3v) is 5.89. The van der Waals surface area contributed by atoms with E-state index in [4.69, 9.17) is 0 Å². The van der Waals surface area contributed by atoms with E-state index in [1.54, 1.807) is 0 Å². The summed E-state index contributed by atoms with van der Waals surface area (Å²) in [6.07, 6.45) is 3.60. The molecule has 4 aromatic carbocycles. The molecule has 0 aliphatic carbocycles. The average molecular weight is 461 g/mol. The molecule has 0 radical (unpaired) electrons. The van der Waals surface area contributed by atoms with Crippen LogP contribution in [-0.4, -0.2) is 11.4 Å². The molecule has 178 valence electrons. The van der Waals surface area contributed by atoms with Crippen LogP contribution >= 0.6 is 0 Å². The van der Waals surface area contributed by atoms with Crippen molar-refractivity contribution in [1.29, 1.82) is 0 Å². The normalized spacial score (nSPS) is 11.5. The lowest BCUT2D eigenvalue weighted by Gasteiger charge is -2.05. The van der Waals surface area contributed by atoms with Gasteiger partial charge in [-0.2, -0.15) is 10.2 Å². The third-order valence-electron chi connectivity index (χ3n) is 5.89. The summed E-state index contributed by atoms with van der Waals surface area (Å²) in [6.45, 7) is 8.32. The van der Waals surface area contributed by atoms with Gasteiger partial charge >= 0.3 is 0 Å². The lowest BCUT2D eigenvalue weighted by molar-refractivity contribution is 0.795. The number of nitrogens with zero attached hydrogens (tertiary/aromatic N) is 2. The Labute approximate surface area is 211 Å². The number of unbranched alkanes of at least 4 members (excludes halogenated alkanes) is 1. The van der Waals surface area contributed by atoms with Gasteiger partial charge in [0.2, 0.25) is 0 Å². The van der Waals surface area contributed by atoms with Crippen LogP contribution in [0.3, 0.4) is 0 Å². The zero-order chi connectivity index (χ0) is 24.9. The Morgan fingerprint density at radius 1 is 0.571 bits per heavy atom. The predicted octanol–water partition coefficient (Wildman–Crippen LogP) is 8.92. The Morgan fingerprint density at radius 3 is 1.49 bits per heavy atom. The largest absolute Gasteiger partial charge is 0.155 e. The second-order valence-corrected chi connectivity index (χ2v) is 8.77. The van der Waals surface area contributed by atoms with Gasteiger partial charge < -0.3 is 0 Å². The number of hydrogen-bond acceptors (Lipinski definition) is 2. The first-order chi connectivity index (χ1) is 17.1. The van der Waals surface area contributed by atoms with Gasteiger partial charge in [-0.1, -0.05) is 128 Å². The van der Waals surface area contributed by atoms with Crippen LogP contribution in [0.25, 0.3) is 11.1 Å². The van der Waals surface area contributed by atoms with Crippen LogP contribution < -0.4 is 0 Å². The van der Waals surface area contributed by atoms with Gasteiger partial charge in [0.05, 0.1) is 11.4 Å². The van der Waals surface area contributed by atoms with Crippen LogP contribution in [0.15, 0.2) is 119 Å². The van der Waals surface area contributed by atoms with Gasteiger partial charge in [0.25, 0.3) is 0 Å². The topological polar surface area (TPSA) is 24.7 Å². The third kappa shape index (κ3) is 8.50. The molecule has 2 nitrogen and oxygen atoms in total. The van der Waals surface area contributed by atoms with Crippen molar-refractivity contribution in [3.63, 3.8) is 0 Å². The lowest BCUT2D eigenvalue weighted by Crippen LogP contribution is -1.97. The molecule has 0 atom stereocenters. The van der Waals surface area contributed by atoms with Gasteiger partial charge in [-0.3, -0.25) is 0 Å². The van der Waals surface area contributed by atoms with Crippen molar-refractivity contribution in [2.24, 2.45) is 10.2 Å². The first-order valence-corrected chi connectivity index (χ1v) is 12.4. The van der Waals surface area contributed by atoms with Crippen LogP contribution in [0, 0.1) is 6.92 Å². The molecule has 0 fully saturated rings. The predicted molar refractivity (Wildman–Crippen MR) is 153 cm³/mol. The van der Waals surface area contributed by atoms with E-state index in [0.717, 1.165) is 29.0 Å². The smallest absolute Gasteiger partial charge is 0.0671 e. The van der Waals surface area contributed by atoms with Gasteiger partial charge in [0.1, 0.15) is 0 Å². The molecule has 35 heavy (non-hydrogen) atoms. The summed E-state index contributed by atoms with van der Waals surface area (Å²) in [4.78, 5) is 0. The van der Waals surface area contributed by atoms with E-state index in [1.165, 1.54) is 35.1 Å². The molecular formula is C33H36N2. The maximum absolute atomic E-state index is 4.45. The zero-order valence-corrected chi connectivity index (χ0v) is 21.4. The molecule has 0 bridgehead atoms. The minimum absolute atomic E-state index is 0.915. The fraction of sp³-hybridized carbons (Fsp3) is 0.212. The fourth-order valence-corrected chi connectivity index (χ4v) is 3.63. The molecule has 0 spiro atoms. The fourth-order valence-electron chi connectivity index (χ4n) is 3.63. The van der Waals surface area contributed by atoms with E-state index in [-0.39, 0.29) is 0 Å². The SMILES string of the molecule is CCCCc1ccc(/C(C)=N/N=C(\C)c2ccc(-c3ccccc3)cc2)cc1.Cc1ccccc1. The van der Waals surface area contributed by atoms with Gasteiger partial charge in [-0.25, -0.2) is 0 Å². The Kier molecular flexibility index (Phi) is 10.2. The lowest BCUT2D eigenvalue weighted by atomic mass is 10.0. The van der Waals surface area contributed by atoms with Crippen molar-refractivity contribution in [3.05, 3.63) is 131 Å². The molecule has 2 heteroatoms. The van der Waals surface area contributed by atoms with Crippen LogP contribution in [0.5, 0.6) is 0 Å². The average Bonchev–Trinajstić information content (AvgIpc) is 2.92. The van der Waals surface area contributed by atoms with Crippen molar-refractivity contribution < 1.29 is 0 Å². The van der Waals surface area contributed by atoms with Crippen LogP contribution in [0.4, 0.5) is 0 Å². The molecule has 0 heterocycles. The summed E-state index contributed by atoms with van der Waals surface area (Å²) in [5.41, 5.74) is 9.20. The van der Waals surface area contributed by atoms with Crippen molar-refractivity contribution >= 4 is 11.4 Å². The quantitative estimate of drug-likeness (QED) is 0.194. The van der Waals surface area contributed by atoms with Gasteiger partial charge in [0, 0.05) is 0 Å². The number of aryl methyl sites for hydroxylation is 2. The summed E-state index contributed by atoms with van der Waals surface area (Å²) in [5.74, 6) is 0. The molecule has 4 aromatic rings. The van der Waals surface area contributed by atoms with Crippen molar-refractivity contribution in [1.82, 2.24) is 0 Å². The standard InChI is InChI=1S/C26H28N2.C7H8/c1-4-5-9-22-12-14-23(15-13-22)20(2)27-28-21(3)24-16-18-26(19-17-24)25-10-7-6-8-11-25;1-7-5-3-2-4-6-7/h6-8,10-19H,4-5,9H2,1-3H3;2-6H,1H3/b27-20+,28-21+;. The molecule has 0 aliphatic rings. The van der Waals surface area contributed by atoms with Crippen molar-refractivity contribution in [2.75, 3.05) is 0 Å². The second kappa shape index (κ2) is 13.8. The summed E-state index contributed by atoms with van der Waals surface area (Å²) in [6, 6.07) is 37.8. The highest BCUT2D eigenvalue weighted by Gasteiger charge is 2.02. The molecular weight excluding hydrogens is 424 g/mol. The minimum atomic E-state index is 0.915. The maximum atomic E-state index is 4.45.